The Kier molecular flexibility index (Phi) is 4.50. The minimum Gasteiger partial charge on any atom is -0.443 e. The van der Waals surface area contributed by atoms with E-state index in [9.17, 15) is 4.79 Å². The Balaban J connectivity index is 2.05. The van der Waals surface area contributed by atoms with Gasteiger partial charge in [-0.05, 0) is 47.5 Å². The number of amides is 1. The topological polar surface area (TPSA) is 65.2 Å². The molecule has 1 fully saturated rings. The predicted octanol–water partition coefficient (Wildman–Crippen LogP) is 4.05. The first kappa shape index (κ1) is 14.8. The zero-order chi connectivity index (χ0) is 14.0. The monoisotopic (exact) mass is 346 g/mol. The zero-order valence-electron chi connectivity index (χ0n) is 11.2. The normalized spacial score (nSPS) is 27.5. The second-order valence-corrected chi connectivity index (χ2v) is 7.86. The minimum absolute atomic E-state index is 0.281. The minimum atomic E-state index is -0.663. The summed E-state index contributed by atoms with van der Waals surface area (Å²) >= 11 is 5.14. The van der Waals surface area contributed by atoms with Crippen LogP contribution in [0.1, 0.15) is 50.5 Å². The lowest BCUT2D eigenvalue weighted by atomic mass is 9.73. The van der Waals surface area contributed by atoms with Crippen LogP contribution in [0.25, 0.3) is 0 Å². The fourth-order valence-electron chi connectivity index (χ4n) is 2.81. The van der Waals surface area contributed by atoms with Gasteiger partial charge in [0.1, 0.15) is 5.60 Å². The van der Waals surface area contributed by atoms with Gasteiger partial charge in [0.05, 0.1) is 15.0 Å². The Morgan fingerprint density at radius 1 is 1.58 bits per heavy atom. The molecule has 6 heteroatoms. The van der Waals surface area contributed by atoms with Crippen LogP contribution in [0.3, 0.4) is 0 Å². The third kappa shape index (κ3) is 3.28. The van der Waals surface area contributed by atoms with E-state index in [1.54, 1.807) is 11.3 Å². The largest absolute Gasteiger partial charge is 0.443 e. The molecular formula is C13H19BrN2O2S. The van der Waals surface area contributed by atoms with Crippen LogP contribution in [0, 0.1) is 5.92 Å². The Morgan fingerprint density at radius 3 is 2.63 bits per heavy atom. The fraction of sp³-hybridized carbons (Fsp3) is 0.692. The van der Waals surface area contributed by atoms with Gasteiger partial charge in [-0.1, -0.05) is 13.8 Å². The summed E-state index contributed by atoms with van der Waals surface area (Å²) in [5.74, 6) is 0.753. The van der Waals surface area contributed by atoms with Crippen LogP contribution in [0.4, 0.5) is 4.79 Å². The van der Waals surface area contributed by atoms with Crippen LogP contribution >= 0.6 is 27.3 Å². The molecule has 0 bridgehead atoms. The van der Waals surface area contributed by atoms with Crippen molar-refractivity contribution in [1.29, 1.82) is 0 Å². The van der Waals surface area contributed by atoms with Gasteiger partial charge in [-0.25, -0.2) is 9.78 Å². The van der Waals surface area contributed by atoms with E-state index in [2.05, 4.69) is 34.8 Å². The first-order chi connectivity index (χ1) is 8.93. The van der Waals surface area contributed by atoms with Crippen molar-refractivity contribution in [3.63, 3.8) is 0 Å². The molecule has 1 aromatic heterocycles. The second-order valence-electron chi connectivity index (χ2n) is 5.42. The second kappa shape index (κ2) is 5.79. The molecule has 19 heavy (non-hydrogen) atoms. The molecule has 106 valence electrons. The van der Waals surface area contributed by atoms with E-state index in [-0.39, 0.29) is 5.92 Å². The van der Waals surface area contributed by atoms with Gasteiger partial charge < -0.3 is 10.5 Å². The smallest absolute Gasteiger partial charge is 0.405 e. The van der Waals surface area contributed by atoms with Crippen LogP contribution in [0.15, 0.2) is 9.98 Å². The highest BCUT2D eigenvalue weighted by molar-refractivity contribution is 9.11. The summed E-state index contributed by atoms with van der Waals surface area (Å²) in [6.07, 6.45) is 4.88. The number of aromatic nitrogens is 1. The molecule has 1 heterocycles. The molecule has 0 radical (unpaired) electrons. The van der Waals surface area contributed by atoms with E-state index in [0.717, 1.165) is 29.5 Å². The molecule has 1 aliphatic rings. The van der Waals surface area contributed by atoms with Crippen molar-refractivity contribution in [1.82, 2.24) is 4.98 Å². The molecule has 0 spiro atoms. The number of rotatable bonds is 3. The van der Waals surface area contributed by atoms with E-state index in [4.69, 9.17) is 10.5 Å². The maximum Gasteiger partial charge on any atom is 0.405 e. The van der Waals surface area contributed by atoms with Crippen LogP contribution < -0.4 is 5.73 Å². The van der Waals surface area contributed by atoms with Gasteiger partial charge in [-0.15, -0.1) is 11.3 Å². The lowest BCUT2D eigenvalue weighted by Gasteiger charge is -2.41. The molecule has 2 N–H and O–H groups in total. The standard InChI is InChI=1S/C13H19BrN2O2S/c1-8(2)13(18-12(15)17)5-3-9(4-6-13)11-16-7-10(14)19-11/h7-9H,3-6H2,1-2H3,(H2,15,17). The number of halogens is 1. The molecule has 0 atom stereocenters. The van der Waals surface area contributed by atoms with Crippen molar-refractivity contribution in [3.05, 3.63) is 15.0 Å². The molecule has 4 nitrogen and oxygen atoms in total. The van der Waals surface area contributed by atoms with Gasteiger partial charge in [0.2, 0.25) is 0 Å². The Hall–Kier alpha value is -0.620. The molecular weight excluding hydrogens is 328 g/mol. The average Bonchev–Trinajstić information content (AvgIpc) is 2.76. The molecule has 0 saturated heterocycles. The van der Waals surface area contributed by atoms with E-state index in [0.29, 0.717) is 5.92 Å². The number of primary amides is 1. The lowest BCUT2D eigenvalue weighted by Crippen LogP contribution is -2.44. The number of hydrogen-bond acceptors (Lipinski definition) is 4. The van der Waals surface area contributed by atoms with Crippen LogP contribution in [0.2, 0.25) is 0 Å². The lowest BCUT2D eigenvalue weighted by molar-refractivity contribution is -0.0501. The van der Waals surface area contributed by atoms with E-state index in [1.807, 2.05) is 6.20 Å². The summed E-state index contributed by atoms with van der Waals surface area (Å²) in [7, 11) is 0. The molecule has 1 aromatic rings. The number of thiazole rings is 1. The van der Waals surface area contributed by atoms with Crippen molar-refractivity contribution in [2.45, 2.75) is 51.0 Å². The van der Waals surface area contributed by atoms with Gasteiger partial charge in [0.25, 0.3) is 0 Å². The summed E-state index contributed by atoms with van der Waals surface area (Å²) < 4.78 is 6.51. The molecule has 1 aliphatic carbocycles. The number of nitrogens with two attached hydrogens (primary N) is 1. The van der Waals surface area contributed by atoms with E-state index in [1.165, 1.54) is 5.01 Å². The molecule has 0 unspecified atom stereocenters. The summed E-state index contributed by atoms with van der Waals surface area (Å²) in [5.41, 5.74) is 4.83. The molecule has 0 aromatic carbocycles. The Labute approximate surface area is 125 Å². The van der Waals surface area contributed by atoms with Crippen LogP contribution in [0.5, 0.6) is 0 Å². The molecule has 1 amide bonds. The van der Waals surface area contributed by atoms with Gasteiger partial charge in [-0.2, -0.15) is 0 Å². The Morgan fingerprint density at radius 2 is 2.21 bits per heavy atom. The number of carbonyl (C=O) groups is 1. The number of carbonyl (C=O) groups excluding carboxylic acids is 1. The van der Waals surface area contributed by atoms with Crippen LogP contribution in [-0.2, 0) is 4.74 Å². The van der Waals surface area contributed by atoms with Gasteiger partial charge >= 0.3 is 6.09 Å². The van der Waals surface area contributed by atoms with Crippen molar-refractivity contribution in [3.8, 4) is 0 Å². The van der Waals surface area contributed by atoms with Crippen molar-refractivity contribution in [2.75, 3.05) is 0 Å². The van der Waals surface area contributed by atoms with Crippen molar-refractivity contribution in [2.24, 2.45) is 11.7 Å². The highest BCUT2D eigenvalue weighted by Gasteiger charge is 2.41. The quantitative estimate of drug-likeness (QED) is 0.897. The van der Waals surface area contributed by atoms with Crippen LogP contribution in [-0.4, -0.2) is 16.7 Å². The first-order valence-electron chi connectivity index (χ1n) is 6.52. The maximum atomic E-state index is 11.1. The predicted molar refractivity (Wildman–Crippen MR) is 79.3 cm³/mol. The third-order valence-electron chi connectivity index (χ3n) is 4.03. The average molecular weight is 347 g/mol. The third-order valence-corrected chi connectivity index (χ3v) is 5.67. The van der Waals surface area contributed by atoms with Gasteiger partial charge in [0, 0.05) is 5.92 Å². The summed E-state index contributed by atoms with van der Waals surface area (Å²) in [5, 5.41) is 1.17. The maximum absolute atomic E-state index is 11.1. The van der Waals surface area contributed by atoms with Gasteiger partial charge in [-0.3, -0.25) is 0 Å². The fourth-order valence-corrected chi connectivity index (χ4v) is 4.22. The molecule has 2 rings (SSSR count). The molecule has 1 saturated carbocycles. The number of ether oxygens (including phenoxy) is 1. The summed E-state index contributed by atoms with van der Waals surface area (Å²) in [6.45, 7) is 4.17. The highest BCUT2D eigenvalue weighted by atomic mass is 79.9. The number of nitrogens with zero attached hydrogens (tertiary/aromatic N) is 1. The number of hydrogen-bond donors (Lipinski definition) is 1. The Bertz CT molecular complexity index is 453. The highest BCUT2D eigenvalue weighted by Crippen LogP contribution is 2.44. The van der Waals surface area contributed by atoms with Crippen molar-refractivity contribution >= 4 is 33.4 Å². The van der Waals surface area contributed by atoms with E-state index >= 15 is 0 Å². The summed E-state index contributed by atoms with van der Waals surface area (Å²) in [4.78, 5) is 15.5. The SMILES string of the molecule is CC(C)C1(OC(N)=O)CCC(c2ncc(Br)s2)CC1. The summed E-state index contributed by atoms with van der Waals surface area (Å²) in [6, 6.07) is 0. The molecule has 0 aliphatic heterocycles. The zero-order valence-corrected chi connectivity index (χ0v) is 13.6. The van der Waals surface area contributed by atoms with Crippen molar-refractivity contribution < 1.29 is 9.53 Å². The van der Waals surface area contributed by atoms with Gasteiger partial charge in [0.15, 0.2) is 0 Å². The first-order valence-corrected chi connectivity index (χ1v) is 8.13. The van der Waals surface area contributed by atoms with E-state index < -0.39 is 11.7 Å².